The summed E-state index contributed by atoms with van der Waals surface area (Å²) in [4.78, 5) is 24.6. The van der Waals surface area contributed by atoms with Crippen LogP contribution < -0.4 is 10.6 Å². The molecule has 0 bridgehead atoms. The molecule has 5 aliphatic rings. The summed E-state index contributed by atoms with van der Waals surface area (Å²) in [7, 11) is 0. The first-order valence-electron chi connectivity index (χ1n) is 19.6. The molecule has 1 unspecified atom stereocenters. The second kappa shape index (κ2) is 22.0. The van der Waals surface area contributed by atoms with Gasteiger partial charge in [0.25, 0.3) is 0 Å². The second-order valence-electron chi connectivity index (χ2n) is 15.5. The Labute approximate surface area is 351 Å². The van der Waals surface area contributed by atoms with E-state index in [-0.39, 0.29) is 0 Å². The molecule has 0 aromatic rings. The first-order valence-corrected chi connectivity index (χ1v) is 19.6. The number of rotatable bonds is 15. The maximum absolute atomic E-state index is 12.5. The molecule has 5 rings (SSSR count). The van der Waals surface area contributed by atoms with Crippen LogP contribution in [-0.4, -0.2) is 275 Å². The fourth-order valence-corrected chi connectivity index (χ4v) is 7.73. The maximum atomic E-state index is 12.5. The molecule has 5 aliphatic heterocycles. The normalized spacial score (nSPS) is 49.0. The molecule has 0 spiro atoms. The zero-order chi connectivity index (χ0) is 45.9. The van der Waals surface area contributed by atoms with E-state index in [1.807, 2.05) is 0 Å². The number of carbonyl (C=O) groups is 2. The smallest absolute Gasteiger partial charge is 0.217 e. The van der Waals surface area contributed by atoms with Crippen LogP contribution in [0.1, 0.15) is 13.8 Å². The maximum Gasteiger partial charge on any atom is 0.217 e. The lowest BCUT2D eigenvalue weighted by atomic mass is 9.94. The minimum Gasteiger partial charge on any atom is -0.394 e. The minimum absolute atomic E-state index is 0.752. The number of nitrogens with one attached hydrogen (secondary N) is 2. The highest BCUT2D eigenvalue weighted by molar-refractivity contribution is 5.73. The Bertz CT molecular complexity index is 1440. The van der Waals surface area contributed by atoms with E-state index in [4.69, 9.17) is 42.6 Å². The van der Waals surface area contributed by atoms with E-state index in [0.29, 0.717) is 0 Å². The average molecular weight is 911 g/mol. The molecule has 0 aliphatic carbocycles. The van der Waals surface area contributed by atoms with Crippen molar-refractivity contribution in [3.63, 3.8) is 0 Å². The number of carbonyl (C=O) groups excluding carboxylic acids is 2. The molecular weight excluding hydrogens is 852 g/mol. The molecule has 360 valence electrons. The van der Waals surface area contributed by atoms with Gasteiger partial charge in [0, 0.05) is 13.8 Å². The van der Waals surface area contributed by atoms with Crippen molar-refractivity contribution in [3.05, 3.63) is 0 Å². The van der Waals surface area contributed by atoms with Crippen molar-refractivity contribution in [2.45, 2.75) is 167 Å². The molecule has 28 nitrogen and oxygen atoms in total. The predicted octanol–water partition coefficient (Wildman–Crippen LogP) is -11.6. The summed E-state index contributed by atoms with van der Waals surface area (Å²) in [6.07, 6.45) is -42.3. The number of amides is 2. The van der Waals surface area contributed by atoms with Crippen molar-refractivity contribution in [1.29, 1.82) is 0 Å². The molecule has 25 atom stereocenters. The highest BCUT2D eigenvalue weighted by Crippen LogP contribution is 2.35. The van der Waals surface area contributed by atoms with Crippen LogP contribution in [0.15, 0.2) is 0 Å². The van der Waals surface area contributed by atoms with E-state index in [2.05, 4.69) is 10.6 Å². The lowest BCUT2D eigenvalue weighted by molar-refractivity contribution is -0.379. The van der Waals surface area contributed by atoms with Crippen LogP contribution in [0.3, 0.4) is 0 Å². The lowest BCUT2D eigenvalue weighted by Gasteiger charge is -2.50. The summed E-state index contributed by atoms with van der Waals surface area (Å²) in [5, 5.41) is 163. The fourth-order valence-electron chi connectivity index (χ4n) is 7.73. The highest BCUT2D eigenvalue weighted by Gasteiger charge is 2.56. The zero-order valence-corrected chi connectivity index (χ0v) is 33.2. The van der Waals surface area contributed by atoms with Gasteiger partial charge in [0.15, 0.2) is 31.5 Å². The molecule has 62 heavy (non-hydrogen) atoms. The van der Waals surface area contributed by atoms with Crippen LogP contribution in [0, 0.1) is 0 Å². The van der Waals surface area contributed by atoms with Crippen LogP contribution in [-0.2, 0) is 52.2 Å². The van der Waals surface area contributed by atoms with Crippen molar-refractivity contribution in [2.24, 2.45) is 0 Å². The molecule has 5 heterocycles. The van der Waals surface area contributed by atoms with Crippen LogP contribution in [0.4, 0.5) is 0 Å². The Morgan fingerprint density at radius 2 is 0.839 bits per heavy atom. The molecule has 28 heteroatoms. The summed E-state index contributed by atoms with van der Waals surface area (Å²) in [5.41, 5.74) is 0. The SMILES string of the molecule is CC(=O)N[C@H]1[C@H](O[C@H]2[C@@H](O)[C@@H](CO[C@@H]3O[C@H](CO)[C@H](O)[C@H](O)[C@H]3O)O[C@@H](O[C@H]3[C@@H](O)[C@@H](CO)OC(O)[C@@H]3NC(C)=O)[C@@H]2O)O[C@H](CO)[C@@H](O[C@@H]2O[C@H](CO)[C@H](O)[C@H](O)[C@H]2O)[C@@H]1O. The molecule has 5 saturated heterocycles. The zero-order valence-electron chi connectivity index (χ0n) is 33.2. The quantitative estimate of drug-likeness (QED) is 0.0725. The van der Waals surface area contributed by atoms with Gasteiger partial charge in [0.2, 0.25) is 11.8 Å². The Kier molecular flexibility index (Phi) is 18.1. The van der Waals surface area contributed by atoms with E-state index in [1.54, 1.807) is 0 Å². The van der Waals surface area contributed by atoms with Crippen molar-refractivity contribution < 1.29 is 129 Å². The number of ether oxygens (including phenoxy) is 9. The monoisotopic (exact) mass is 910 g/mol. The molecule has 0 radical (unpaired) electrons. The first kappa shape index (κ1) is 51.0. The van der Waals surface area contributed by atoms with Crippen LogP contribution in [0.2, 0.25) is 0 Å². The van der Waals surface area contributed by atoms with E-state index in [0.717, 1.165) is 13.8 Å². The first-order chi connectivity index (χ1) is 29.3. The Balaban J connectivity index is 1.44. The van der Waals surface area contributed by atoms with Gasteiger partial charge in [0.05, 0.1) is 33.0 Å². The topological polar surface area (TPSA) is 445 Å². The van der Waals surface area contributed by atoms with Gasteiger partial charge in [-0.15, -0.1) is 0 Å². The largest absolute Gasteiger partial charge is 0.394 e. The lowest BCUT2D eigenvalue weighted by Crippen LogP contribution is -2.70. The summed E-state index contributed by atoms with van der Waals surface area (Å²) in [6, 6.07) is -3.33. The summed E-state index contributed by atoms with van der Waals surface area (Å²) >= 11 is 0. The molecule has 0 saturated carbocycles. The van der Waals surface area contributed by atoms with Gasteiger partial charge >= 0.3 is 0 Å². The van der Waals surface area contributed by atoms with Gasteiger partial charge in [0.1, 0.15) is 122 Å². The van der Waals surface area contributed by atoms with Gasteiger partial charge < -0.3 is 130 Å². The molecule has 2 amide bonds. The van der Waals surface area contributed by atoms with Crippen molar-refractivity contribution in [1.82, 2.24) is 10.6 Å². The van der Waals surface area contributed by atoms with Crippen molar-refractivity contribution in [2.75, 3.05) is 33.0 Å². The number of aliphatic hydroxyl groups excluding tert-OH is 15. The Hall–Kier alpha value is -2.02. The summed E-state index contributed by atoms with van der Waals surface area (Å²) < 4.78 is 50.8. The second-order valence-corrected chi connectivity index (χ2v) is 15.5. The van der Waals surface area contributed by atoms with Crippen LogP contribution in [0.5, 0.6) is 0 Å². The number of hydrogen-bond acceptors (Lipinski definition) is 26. The van der Waals surface area contributed by atoms with E-state index >= 15 is 0 Å². The highest BCUT2D eigenvalue weighted by atomic mass is 16.8. The van der Waals surface area contributed by atoms with Gasteiger partial charge in [-0.25, -0.2) is 0 Å². The average Bonchev–Trinajstić information content (AvgIpc) is 3.23. The number of hydrogen-bond donors (Lipinski definition) is 17. The molecule has 5 fully saturated rings. The third-order valence-corrected chi connectivity index (χ3v) is 11.1. The van der Waals surface area contributed by atoms with Crippen molar-refractivity contribution >= 4 is 11.8 Å². The van der Waals surface area contributed by atoms with Crippen molar-refractivity contribution in [3.8, 4) is 0 Å². The Morgan fingerprint density at radius 3 is 1.39 bits per heavy atom. The molecule has 0 aromatic carbocycles. The predicted molar refractivity (Wildman–Crippen MR) is 190 cm³/mol. The standard InChI is InChI=1S/C34H58N2O26/c1-8(41)35-15-21(47)27(60-33-25(51)23(49)18(44)11(4-38)57-33)13(6-40)58-31(15)62-29-20(46)14(7-54-32-24(50)22(48)17(43)10(3-37)56-32)59-34(26(29)52)61-28-16(36-9(2)42)30(53)55-12(5-39)19(28)45/h10-34,37-40,43-53H,3-7H2,1-2H3,(H,35,41)(H,36,42)/t10-,11-,12-,13-,14-,15-,16-,17+,18+,19+,20+,21-,22+,23+,24-,25-,26-,27-,28-,29+,30?,31+,32-,33+,34+/m1/s1. The van der Waals surface area contributed by atoms with Gasteiger partial charge in [-0.05, 0) is 0 Å². The number of aliphatic hydroxyl groups is 15. The molecule has 17 N–H and O–H groups in total. The third-order valence-electron chi connectivity index (χ3n) is 11.1. The Morgan fingerprint density at radius 1 is 0.419 bits per heavy atom. The van der Waals surface area contributed by atoms with Crippen LogP contribution in [0.25, 0.3) is 0 Å². The fraction of sp³-hybridized carbons (Fsp3) is 0.941. The molecular formula is C34H58N2O26. The summed E-state index contributed by atoms with van der Waals surface area (Å²) in [6.45, 7) is -2.33. The van der Waals surface area contributed by atoms with E-state index in [1.165, 1.54) is 0 Å². The van der Waals surface area contributed by atoms with Gasteiger partial charge in [-0.2, -0.15) is 0 Å². The van der Waals surface area contributed by atoms with E-state index < -0.39 is 198 Å². The van der Waals surface area contributed by atoms with Crippen LogP contribution >= 0.6 is 0 Å². The van der Waals surface area contributed by atoms with E-state index in [9.17, 15) is 86.2 Å². The summed E-state index contributed by atoms with van der Waals surface area (Å²) in [5.74, 6) is -1.58. The molecule has 0 aromatic heterocycles. The van der Waals surface area contributed by atoms with Gasteiger partial charge in [-0.1, -0.05) is 0 Å². The third kappa shape index (κ3) is 11.0. The van der Waals surface area contributed by atoms with Gasteiger partial charge in [-0.3, -0.25) is 9.59 Å². The minimum atomic E-state index is -2.19.